The highest BCUT2D eigenvalue weighted by Crippen LogP contribution is 2.67. The van der Waals surface area contributed by atoms with E-state index in [1.54, 1.807) is 0 Å². The average molecular weight is 560 g/mol. The highest BCUT2D eigenvalue weighted by molar-refractivity contribution is 7.95. The monoisotopic (exact) mass is 558 g/mol. The third-order valence-electron chi connectivity index (χ3n) is 6.00. The third-order valence-corrected chi connectivity index (χ3v) is 10.8. The lowest BCUT2D eigenvalue weighted by Gasteiger charge is -2.35. The molecule has 0 bridgehead atoms. The average Bonchev–Trinajstić information content (AvgIpc) is 2.92. The molecule has 5 aromatic rings. The van der Waals surface area contributed by atoms with Gasteiger partial charge in [0.2, 0.25) is 5.85 Å². The molecule has 0 aromatic heterocycles. The number of ether oxygens (including phenoxy) is 1. The van der Waals surface area contributed by atoms with Crippen molar-refractivity contribution in [2.75, 3.05) is 0 Å². The van der Waals surface area contributed by atoms with Gasteiger partial charge >= 0.3 is 0 Å². The molecule has 0 spiro atoms. The van der Waals surface area contributed by atoms with E-state index in [4.69, 9.17) is 16.3 Å². The number of hydrogen-bond acceptors (Lipinski definition) is 1. The van der Waals surface area contributed by atoms with Crippen LogP contribution in [0, 0.1) is 0 Å². The number of para-hydroxylation sites is 1. The van der Waals surface area contributed by atoms with Gasteiger partial charge in [0.05, 0.1) is 5.02 Å². The van der Waals surface area contributed by atoms with Gasteiger partial charge in [0, 0.05) is 5.56 Å². The maximum atomic E-state index is 6.98. The molecular formula is C31H25BrClOP. The van der Waals surface area contributed by atoms with Crippen LogP contribution in [-0.4, -0.2) is 0 Å². The lowest BCUT2D eigenvalue weighted by molar-refractivity contribution is -0.00000682. The predicted molar refractivity (Wildman–Crippen MR) is 146 cm³/mol. The first-order valence-electron chi connectivity index (χ1n) is 11.3. The lowest BCUT2D eigenvalue weighted by Crippen LogP contribution is -3.00. The van der Waals surface area contributed by atoms with Crippen molar-refractivity contribution in [2.24, 2.45) is 0 Å². The Morgan fingerprint density at radius 3 is 1.29 bits per heavy atom. The summed E-state index contributed by atoms with van der Waals surface area (Å²) in [5, 5.41) is 4.38. The second-order valence-electron chi connectivity index (χ2n) is 8.04. The smallest absolute Gasteiger partial charge is 0.245 e. The van der Waals surface area contributed by atoms with Crippen LogP contribution in [-0.2, 0) is 0 Å². The Hall–Kier alpha value is -2.90. The van der Waals surface area contributed by atoms with Gasteiger partial charge in [-0.05, 0) is 48.5 Å². The molecule has 1 atom stereocenters. The normalized spacial score (nSPS) is 11.8. The van der Waals surface area contributed by atoms with Crippen molar-refractivity contribution < 1.29 is 21.7 Å². The van der Waals surface area contributed by atoms with Crippen molar-refractivity contribution in [1.29, 1.82) is 0 Å². The molecule has 0 aliphatic carbocycles. The van der Waals surface area contributed by atoms with E-state index in [0.29, 0.717) is 10.8 Å². The molecule has 0 N–H and O–H groups in total. The quantitative estimate of drug-likeness (QED) is 0.269. The van der Waals surface area contributed by atoms with Crippen molar-refractivity contribution in [3.05, 3.63) is 156 Å². The number of rotatable bonds is 7. The summed E-state index contributed by atoms with van der Waals surface area (Å²) >= 11 is 6.63. The Morgan fingerprint density at radius 1 is 0.486 bits per heavy atom. The molecule has 0 fully saturated rings. The summed E-state index contributed by atoms with van der Waals surface area (Å²) < 4.78 is 6.98. The van der Waals surface area contributed by atoms with E-state index < -0.39 is 7.26 Å². The van der Waals surface area contributed by atoms with Crippen LogP contribution in [0.4, 0.5) is 0 Å². The topological polar surface area (TPSA) is 9.23 Å². The van der Waals surface area contributed by atoms with E-state index >= 15 is 0 Å². The summed E-state index contributed by atoms with van der Waals surface area (Å²) in [7, 11) is -2.35. The summed E-state index contributed by atoms with van der Waals surface area (Å²) in [5.41, 5.74) is 1.12. The zero-order valence-corrected chi connectivity index (χ0v) is 22.3. The Morgan fingerprint density at radius 2 is 0.857 bits per heavy atom. The number of hydrogen-bond donors (Lipinski definition) is 0. The fourth-order valence-electron chi connectivity index (χ4n) is 4.49. The molecule has 5 rings (SSSR count). The van der Waals surface area contributed by atoms with E-state index in [1.807, 2.05) is 30.3 Å². The first kappa shape index (κ1) is 25.2. The van der Waals surface area contributed by atoms with Crippen LogP contribution in [0.15, 0.2) is 146 Å². The highest BCUT2D eigenvalue weighted by atomic mass is 79.9. The van der Waals surface area contributed by atoms with Gasteiger partial charge in [-0.3, -0.25) is 0 Å². The maximum absolute atomic E-state index is 6.98. The largest absolute Gasteiger partial charge is 1.00 e. The molecule has 0 radical (unpaired) electrons. The zero-order chi connectivity index (χ0) is 23.2. The molecule has 4 heteroatoms. The minimum atomic E-state index is -2.35. The molecular weight excluding hydrogens is 535 g/mol. The van der Waals surface area contributed by atoms with Crippen LogP contribution in [0.3, 0.4) is 0 Å². The van der Waals surface area contributed by atoms with Gasteiger partial charge in [0.1, 0.15) is 21.7 Å². The van der Waals surface area contributed by atoms with Crippen molar-refractivity contribution in [1.82, 2.24) is 0 Å². The van der Waals surface area contributed by atoms with Gasteiger partial charge in [-0.25, -0.2) is 0 Å². The van der Waals surface area contributed by atoms with E-state index in [2.05, 4.69) is 115 Å². The SMILES string of the molecule is Clc1ccccc1OC(c1ccccc1)[P+](c1ccccc1)(c1ccccc1)c1ccccc1.[Br-]. The maximum Gasteiger partial charge on any atom is 0.245 e. The van der Waals surface area contributed by atoms with Crippen LogP contribution in [0.25, 0.3) is 0 Å². The van der Waals surface area contributed by atoms with Gasteiger partial charge in [0.25, 0.3) is 0 Å². The van der Waals surface area contributed by atoms with Crippen molar-refractivity contribution in [3.8, 4) is 5.75 Å². The van der Waals surface area contributed by atoms with Gasteiger partial charge in [-0.2, -0.15) is 0 Å². The molecule has 1 nitrogen and oxygen atoms in total. The molecule has 0 aliphatic heterocycles. The lowest BCUT2D eigenvalue weighted by atomic mass is 10.2. The molecule has 0 saturated heterocycles. The van der Waals surface area contributed by atoms with Gasteiger partial charge in [0.15, 0.2) is 7.26 Å². The van der Waals surface area contributed by atoms with Crippen molar-refractivity contribution in [3.63, 3.8) is 0 Å². The van der Waals surface area contributed by atoms with Crippen LogP contribution < -0.4 is 37.6 Å². The molecule has 35 heavy (non-hydrogen) atoms. The fraction of sp³-hybridized carbons (Fsp3) is 0.0323. The van der Waals surface area contributed by atoms with Gasteiger partial charge in [-0.15, -0.1) is 0 Å². The standard InChI is InChI=1S/C31H25ClOP.BrH/c32-29-23-13-14-24-30(29)33-31(25-15-5-1-6-16-25)34(26-17-7-2-8-18-26,27-19-9-3-10-20-27)28-21-11-4-12-22-28;/h1-24,31H;1H/q+1;/p-1. The Bertz CT molecular complexity index is 1240. The second-order valence-corrected chi connectivity index (χ2v) is 11.9. The molecule has 1 unspecified atom stereocenters. The second kappa shape index (κ2) is 11.7. The van der Waals surface area contributed by atoms with Crippen LogP contribution >= 0.6 is 18.9 Å². The summed E-state index contributed by atoms with van der Waals surface area (Å²) in [4.78, 5) is 0. The summed E-state index contributed by atoms with van der Waals surface area (Å²) in [5.74, 6) is 0.408. The molecule has 0 heterocycles. The number of benzene rings is 5. The van der Waals surface area contributed by atoms with E-state index in [1.165, 1.54) is 15.9 Å². The predicted octanol–water partition coefficient (Wildman–Crippen LogP) is 4.42. The summed E-state index contributed by atoms with van der Waals surface area (Å²) in [6, 6.07) is 50.6. The minimum Gasteiger partial charge on any atom is -1.00 e. The molecule has 0 amide bonds. The van der Waals surface area contributed by atoms with Crippen molar-refractivity contribution >= 4 is 34.8 Å². The van der Waals surface area contributed by atoms with Crippen LogP contribution in [0.1, 0.15) is 11.4 Å². The molecule has 0 aliphatic rings. The zero-order valence-electron chi connectivity index (χ0n) is 19.0. The Balaban J connectivity index is 0.00000289. The Labute approximate surface area is 223 Å². The third kappa shape index (κ3) is 5.07. The van der Waals surface area contributed by atoms with E-state index in [-0.39, 0.29) is 22.8 Å². The van der Waals surface area contributed by atoms with Crippen molar-refractivity contribution in [2.45, 2.75) is 5.85 Å². The first-order valence-corrected chi connectivity index (χ1v) is 13.6. The molecule has 174 valence electrons. The van der Waals surface area contributed by atoms with E-state index in [0.717, 1.165) is 5.56 Å². The molecule has 5 aromatic carbocycles. The fourth-order valence-corrected chi connectivity index (χ4v) is 9.20. The molecule has 0 saturated carbocycles. The van der Waals surface area contributed by atoms with Gasteiger partial charge in [-0.1, -0.05) is 109 Å². The minimum absolute atomic E-state index is 0. The number of halogens is 2. The van der Waals surface area contributed by atoms with Gasteiger partial charge < -0.3 is 21.7 Å². The van der Waals surface area contributed by atoms with Crippen LogP contribution in [0.5, 0.6) is 5.75 Å². The Kier molecular flexibility index (Phi) is 8.42. The first-order chi connectivity index (χ1) is 16.8. The van der Waals surface area contributed by atoms with Crippen LogP contribution in [0.2, 0.25) is 5.02 Å². The highest BCUT2D eigenvalue weighted by Gasteiger charge is 2.55. The van der Waals surface area contributed by atoms with E-state index in [9.17, 15) is 0 Å². The summed E-state index contributed by atoms with van der Waals surface area (Å²) in [6.07, 6.45) is 0. The summed E-state index contributed by atoms with van der Waals surface area (Å²) in [6.45, 7) is 0.